The summed E-state index contributed by atoms with van der Waals surface area (Å²) in [6, 6.07) is 3.68. The van der Waals surface area contributed by atoms with E-state index in [9.17, 15) is 24.5 Å². The number of benzene rings is 1. The largest absolute Gasteiger partial charge is 0.342 e. The number of non-ortho nitro benzene ring substituents is 1. The first-order valence-corrected chi connectivity index (χ1v) is 9.53. The topological polar surface area (TPSA) is 101 Å². The van der Waals surface area contributed by atoms with Crippen molar-refractivity contribution in [1.29, 1.82) is 0 Å². The van der Waals surface area contributed by atoms with Gasteiger partial charge in [-0.2, -0.15) is 0 Å². The molecule has 0 radical (unpaired) electrons. The van der Waals surface area contributed by atoms with Crippen LogP contribution in [0.2, 0.25) is 0 Å². The summed E-state index contributed by atoms with van der Waals surface area (Å²) in [5.74, 6) is 0.152. The van der Waals surface area contributed by atoms with Crippen molar-refractivity contribution < 1.29 is 19.3 Å². The molecule has 8 nitrogen and oxygen atoms in total. The van der Waals surface area contributed by atoms with E-state index in [0.29, 0.717) is 18.3 Å². The highest BCUT2D eigenvalue weighted by Crippen LogP contribution is 2.33. The minimum atomic E-state index is -0.595. The highest BCUT2D eigenvalue weighted by Gasteiger charge is 2.37. The van der Waals surface area contributed by atoms with Crippen molar-refractivity contribution in [2.75, 3.05) is 19.6 Å². The standard InChI is InChI=1S/C20H21N3O5/c24-18(21-11-13-4-1-2-5-14(13)12-21)6-3-9-22-19(25)16-8-7-15(23(27)28)10-17(16)20(22)26/h1-2,7-8,10,13-14H,3-6,9,11-12H2. The second-order valence-electron chi connectivity index (χ2n) is 7.61. The van der Waals surface area contributed by atoms with Gasteiger partial charge in [0.05, 0.1) is 16.1 Å². The van der Waals surface area contributed by atoms with Crippen LogP contribution in [0.4, 0.5) is 5.69 Å². The third-order valence-electron chi connectivity index (χ3n) is 5.91. The number of carbonyl (C=O) groups excluding carboxylic acids is 3. The van der Waals surface area contributed by atoms with Crippen LogP contribution in [0.3, 0.4) is 0 Å². The molecule has 4 rings (SSSR count). The summed E-state index contributed by atoms with van der Waals surface area (Å²) in [4.78, 5) is 50.7. The van der Waals surface area contributed by atoms with Gasteiger partial charge >= 0.3 is 0 Å². The van der Waals surface area contributed by atoms with Crippen molar-refractivity contribution in [3.05, 3.63) is 51.6 Å². The van der Waals surface area contributed by atoms with E-state index >= 15 is 0 Å². The Kier molecular flexibility index (Phi) is 4.70. The first-order valence-electron chi connectivity index (χ1n) is 9.53. The van der Waals surface area contributed by atoms with E-state index in [1.165, 1.54) is 12.1 Å². The Morgan fingerprint density at radius 1 is 1.07 bits per heavy atom. The number of imide groups is 1. The summed E-state index contributed by atoms with van der Waals surface area (Å²) >= 11 is 0. The van der Waals surface area contributed by atoms with Crippen molar-refractivity contribution in [2.45, 2.75) is 25.7 Å². The number of nitro benzene ring substituents is 1. The lowest BCUT2D eigenvalue weighted by molar-refractivity contribution is -0.384. The number of likely N-dealkylation sites (tertiary alicyclic amines) is 1. The zero-order chi connectivity index (χ0) is 19.8. The fourth-order valence-electron chi connectivity index (χ4n) is 4.36. The van der Waals surface area contributed by atoms with Crippen LogP contribution in [-0.4, -0.2) is 52.1 Å². The molecular weight excluding hydrogens is 362 g/mol. The van der Waals surface area contributed by atoms with E-state index in [2.05, 4.69) is 12.2 Å². The Hall–Kier alpha value is -3.03. The minimum absolute atomic E-state index is 0.0571. The Morgan fingerprint density at radius 2 is 1.71 bits per heavy atom. The lowest BCUT2D eigenvalue weighted by Gasteiger charge is -2.18. The summed E-state index contributed by atoms with van der Waals surface area (Å²) in [6.07, 6.45) is 7.08. The molecule has 1 fully saturated rings. The van der Waals surface area contributed by atoms with Gasteiger partial charge in [-0.25, -0.2) is 0 Å². The highest BCUT2D eigenvalue weighted by atomic mass is 16.6. The molecule has 2 unspecified atom stereocenters. The third kappa shape index (κ3) is 3.19. The number of hydrogen-bond acceptors (Lipinski definition) is 5. The smallest absolute Gasteiger partial charge is 0.270 e. The maximum Gasteiger partial charge on any atom is 0.270 e. The van der Waals surface area contributed by atoms with Gasteiger partial charge < -0.3 is 4.90 Å². The van der Waals surface area contributed by atoms with Crippen molar-refractivity contribution in [3.63, 3.8) is 0 Å². The van der Waals surface area contributed by atoms with Crippen LogP contribution in [-0.2, 0) is 4.79 Å². The molecule has 0 saturated carbocycles. The second kappa shape index (κ2) is 7.18. The predicted octanol–water partition coefficient (Wildman–Crippen LogP) is 2.40. The zero-order valence-corrected chi connectivity index (χ0v) is 15.4. The molecular formula is C20H21N3O5. The summed E-state index contributed by atoms with van der Waals surface area (Å²) in [6.45, 7) is 1.70. The monoisotopic (exact) mass is 383 g/mol. The number of hydrogen-bond donors (Lipinski definition) is 0. The van der Waals surface area contributed by atoms with Gasteiger partial charge in [0.1, 0.15) is 0 Å². The number of fused-ring (bicyclic) bond motifs is 2. The van der Waals surface area contributed by atoms with Crippen LogP contribution >= 0.6 is 0 Å². The highest BCUT2D eigenvalue weighted by molar-refractivity contribution is 6.21. The van der Waals surface area contributed by atoms with Crippen LogP contribution in [0.15, 0.2) is 30.4 Å². The van der Waals surface area contributed by atoms with Gasteiger partial charge in [0.2, 0.25) is 5.91 Å². The molecule has 0 aromatic heterocycles. The normalized spacial score (nSPS) is 23.1. The van der Waals surface area contributed by atoms with Crippen LogP contribution < -0.4 is 0 Å². The molecule has 3 aliphatic rings. The summed E-state index contributed by atoms with van der Waals surface area (Å²) < 4.78 is 0. The van der Waals surface area contributed by atoms with Gasteiger partial charge in [-0.15, -0.1) is 0 Å². The third-order valence-corrected chi connectivity index (χ3v) is 5.91. The molecule has 0 N–H and O–H groups in total. The van der Waals surface area contributed by atoms with Crippen molar-refractivity contribution >= 4 is 23.4 Å². The molecule has 28 heavy (non-hydrogen) atoms. The number of rotatable bonds is 5. The minimum Gasteiger partial charge on any atom is -0.342 e. The molecule has 1 aromatic rings. The average molecular weight is 383 g/mol. The van der Waals surface area contributed by atoms with Crippen LogP contribution in [0.5, 0.6) is 0 Å². The van der Waals surface area contributed by atoms with E-state index in [0.717, 1.165) is 36.9 Å². The number of nitrogens with zero attached hydrogens (tertiary/aromatic N) is 3. The van der Waals surface area contributed by atoms with Crippen LogP contribution in [0.25, 0.3) is 0 Å². The van der Waals surface area contributed by atoms with Crippen molar-refractivity contribution in [2.24, 2.45) is 11.8 Å². The van der Waals surface area contributed by atoms with Gasteiger partial charge in [0.15, 0.2) is 0 Å². The lowest BCUT2D eigenvalue weighted by Crippen LogP contribution is -2.33. The lowest BCUT2D eigenvalue weighted by atomic mass is 9.86. The van der Waals surface area contributed by atoms with Crippen molar-refractivity contribution in [3.8, 4) is 0 Å². The average Bonchev–Trinajstić information content (AvgIpc) is 3.22. The predicted molar refractivity (Wildman–Crippen MR) is 99.6 cm³/mol. The molecule has 1 aliphatic carbocycles. The fourth-order valence-corrected chi connectivity index (χ4v) is 4.36. The molecule has 0 spiro atoms. The summed E-state index contributed by atoms with van der Waals surface area (Å²) in [7, 11) is 0. The van der Waals surface area contributed by atoms with Gasteiger partial charge in [-0.3, -0.25) is 29.4 Å². The molecule has 2 aliphatic heterocycles. The zero-order valence-electron chi connectivity index (χ0n) is 15.4. The van der Waals surface area contributed by atoms with E-state index < -0.39 is 16.7 Å². The van der Waals surface area contributed by atoms with E-state index in [-0.39, 0.29) is 35.7 Å². The van der Waals surface area contributed by atoms with Gasteiger partial charge in [-0.1, -0.05) is 12.2 Å². The van der Waals surface area contributed by atoms with Crippen LogP contribution in [0.1, 0.15) is 46.4 Å². The summed E-state index contributed by atoms with van der Waals surface area (Å²) in [5.41, 5.74) is 0.0154. The second-order valence-corrected chi connectivity index (χ2v) is 7.61. The van der Waals surface area contributed by atoms with Gasteiger partial charge in [0.25, 0.3) is 17.5 Å². The van der Waals surface area contributed by atoms with Gasteiger partial charge in [0, 0.05) is 38.2 Å². The quantitative estimate of drug-likeness (QED) is 0.336. The molecule has 2 atom stereocenters. The first kappa shape index (κ1) is 18.3. The SMILES string of the molecule is O=C(CCCN1C(=O)c2ccc([N+](=O)[O-])cc2C1=O)N1CC2CC=CCC2C1. The Balaban J connectivity index is 1.33. The molecule has 2 heterocycles. The molecule has 8 heteroatoms. The molecule has 1 aromatic carbocycles. The van der Waals surface area contributed by atoms with Crippen LogP contribution in [0, 0.1) is 22.0 Å². The number of amides is 3. The Morgan fingerprint density at radius 3 is 2.36 bits per heavy atom. The first-order chi connectivity index (χ1) is 13.5. The van der Waals surface area contributed by atoms with E-state index in [1.807, 2.05) is 4.90 Å². The fraction of sp³-hybridized carbons (Fsp3) is 0.450. The van der Waals surface area contributed by atoms with E-state index in [4.69, 9.17) is 0 Å². The van der Waals surface area contributed by atoms with Gasteiger partial charge in [-0.05, 0) is 37.2 Å². The molecule has 146 valence electrons. The maximum absolute atomic E-state index is 12.5. The molecule has 0 bridgehead atoms. The molecule has 3 amide bonds. The maximum atomic E-state index is 12.5. The molecule has 1 saturated heterocycles. The Labute approximate surface area is 161 Å². The Bertz CT molecular complexity index is 878. The number of carbonyl (C=O) groups is 3. The number of allylic oxidation sites excluding steroid dienone is 2. The van der Waals surface area contributed by atoms with Crippen molar-refractivity contribution in [1.82, 2.24) is 9.80 Å². The number of nitro groups is 1. The summed E-state index contributed by atoms with van der Waals surface area (Å²) in [5, 5.41) is 10.9. The van der Waals surface area contributed by atoms with E-state index in [1.54, 1.807) is 0 Å².